The smallest absolute Gasteiger partial charge is 0.274 e. The molecule has 0 unspecified atom stereocenters. The van der Waals surface area contributed by atoms with Gasteiger partial charge in [0.1, 0.15) is 5.69 Å². The summed E-state index contributed by atoms with van der Waals surface area (Å²) in [6.07, 6.45) is 5.54. The molecule has 0 spiro atoms. The fourth-order valence-electron chi connectivity index (χ4n) is 4.84. The number of amides is 2. The van der Waals surface area contributed by atoms with Gasteiger partial charge in [-0.1, -0.05) is 12.1 Å². The van der Waals surface area contributed by atoms with Gasteiger partial charge in [0.05, 0.1) is 6.20 Å². The molecule has 3 aromatic rings. The molecule has 1 aromatic carbocycles. The molecule has 2 aliphatic rings. The third-order valence-electron chi connectivity index (χ3n) is 6.19. The molecule has 2 atom stereocenters. The van der Waals surface area contributed by atoms with Crippen molar-refractivity contribution in [2.24, 2.45) is 5.92 Å². The lowest BCUT2D eigenvalue weighted by Gasteiger charge is -2.42. The molecule has 2 aliphatic heterocycles. The second kappa shape index (κ2) is 8.03. The molecule has 162 valence electrons. The highest BCUT2D eigenvalue weighted by Gasteiger charge is 2.37. The molecule has 32 heavy (non-hydrogen) atoms. The molecule has 5 rings (SSSR count). The zero-order valence-corrected chi connectivity index (χ0v) is 17.7. The van der Waals surface area contributed by atoms with Crippen molar-refractivity contribution in [2.45, 2.75) is 25.8 Å². The molecule has 8 nitrogen and oxygen atoms in total. The van der Waals surface area contributed by atoms with Crippen LogP contribution in [0, 0.1) is 5.92 Å². The summed E-state index contributed by atoms with van der Waals surface area (Å²) in [6.45, 7) is 3.22. The van der Waals surface area contributed by atoms with Crippen LogP contribution in [0.4, 0.5) is 5.69 Å². The number of carbonyl (C=O) groups excluding carboxylic acids is 2. The monoisotopic (exact) mass is 429 g/mol. The van der Waals surface area contributed by atoms with E-state index in [-0.39, 0.29) is 29.2 Å². The Kier molecular flexibility index (Phi) is 5.05. The van der Waals surface area contributed by atoms with Crippen molar-refractivity contribution >= 4 is 17.5 Å². The van der Waals surface area contributed by atoms with Crippen molar-refractivity contribution in [2.75, 3.05) is 18.4 Å². The Labute approximate surface area is 184 Å². The van der Waals surface area contributed by atoms with Gasteiger partial charge >= 0.3 is 0 Å². The Morgan fingerprint density at radius 1 is 1.03 bits per heavy atom. The van der Waals surface area contributed by atoms with Gasteiger partial charge in [0.15, 0.2) is 0 Å². The van der Waals surface area contributed by atoms with Crippen molar-refractivity contribution in [3.05, 3.63) is 76.7 Å². The molecule has 2 bridgehead atoms. The lowest BCUT2D eigenvalue weighted by atomic mass is 9.82. The first-order chi connectivity index (χ1) is 15.5. The maximum absolute atomic E-state index is 13.3. The minimum atomic E-state index is -0.134. The van der Waals surface area contributed by atoms with Gasteiger partial charge in [0.2, 0.25) is 5.91 Å². The first kappa shape index (κ1) is 20.1. The minimum Gasteiger partial charge on any atom is -0.336 e. The van der Waals surface area contributed by atoms with Crippen molar-refractivity contribution in [3.8, 4) is 11.1 Å². The van der Waals surface area contributed by atoms with Crippen LogP contribution in [0.5, 0.6) is 0 Å². The van der Waals surface area contributed by atoms with E-state index in [4.69, 9.17) is 0 Å². The molecule has 2 aromatic heterocycles. The van der Waals surface area contributed by atoms with Crippen molar-refractivity contribution in [1.29, 1.82) is 0 Å². The molecule has 0 aliphatic carbocycles. The van der Waals surface area contributed by atoms with E-state index in [0.29, 0.717) is 36.6 Å². The van der Waals surface area contributed by atoms with Crippen LogP contribution in [0.1, 0.15) is 35.4 Å². The van der Waals surface area contributed by atoms with E-state index in [1.165, 1.54) is 19.3 Å². The van der Waals surface area contributed by atoms with Crippen LogP contribution in [-0.4, -0.2) is 44.3 Å². The van der Waals surface area contributed by atoms with Crippen molar-refractivity contribution < 1.29 is 9.59 Å². The summed E-state index contributed by atoms with van der Waals surface area (Å²) in [5, 5.41) is 2.74. The summed E-state index contributed by atoms with van der Waals surface area (Å²) >= 11 is 0. The topological polar surface area (TPSA) is 97.2 Å². The van der Waals surface area contributed by atoms with Crippen LogP contribution in [0.3, 0.4) is 0 Å². The number of piperidine rings is 1. The number of rotatable bonds is 3. The number of carbonyl (C=O) groups is 2. The number of nitrogens with zero attached hydrogens (tertiary/aromatic N) is 4. The molecule has 1 saturated heterocycles. The van der Waals surface area contributed by atoms with E-state index in [0.717, 1.165) is 17.7 Å². The number of fused-ring (bicyclic) bond motifs is 4. The average molecular weight is 429 g/mol. The second-order valence-corrected chi connectivity index (χ2v) is 8.45. The van der Waals surface area contributed by atoms with Crippen LogP contribution in [0.15, 0.2) is 59.8 Å². The van der Waals surface area contributed by atoms with Gasteiger partial charge in [-0.2, -0.15) is 0 Å². The van der Waals surface area contributed by atoms with E-state index < -0.39 is 0 Å². The summed E-state index contributed by atoms with van der Waals surface area (Å²) in [4.78, 5) is 47.4. The Bertz CT molecular complexity index is 1240. The predicted octanol–water partition coefficient (Wildman–Crippen LogP) is 2.52. The molecular formula is C24H23N5O3. The maximum atomic E-state index is 13.3. The summed E-state index contributed by atoms with van der Waals surface area (Å²) in [7, 11) is 0. The summed E-state index contributed by atoms with van der Waals surface area (Å²) in [6, 6.07) is 11.2. The molecular weight excluding hydrogens is 406 g/mol. The normalized spacial score (nSPS) is 19.2. The summed E-state index contributed by atoms with van der Waals surface area (Å²) in [5.74, 6) is 0.0911. The lowest BCUT2D eigenvalue weighted by molar-refractivity contribution is -0.114. The highest BCUT2D eigenvalue weighted by Crippen LogP contribution is 2.36. The Balaban J connectivity index is 1.42. The molecule has 0 radical (unpaired) electrons. The highest BCUT2D eigenvalue weighted by molar-refractivity contribution is 5.92. The van der Waals surface area contributed by atoms with Crippen molar-refractivity contribution in [1.82, 2.24) is 19.4 Å². The number of hydrogen-bond acceptors (Lipinski definition) is 5. The first-order valence-electron chi connectivity index (χ1n) is 10.7. The largest absolute Gasteiger partial charge is 0.336 e. The number of hydrogen-bond donors (Lipinski definition) is 1. The van der Waals surface area contributed by atoms with Gasteiger partial charge in [-0.05, 0) is 42.2 Å². The predicted molar refractivity (Wildman–Crippen MR) is 119 cm³/mol. The molecule has 4 heterocycles. The number of likely N-dealkylation sites (tertiary alicyclic amines) is 1. The SMILES string of the molecule is CC(=O)Nc1ccc(-c2ccc3n(c2=O)C[C@H]2C[C@@H]3CN(C(=O)c3cnccn3)C2)cc1. The van der Waals surface area contributed by atoms with E-state index in [9.17, 15) is 14.4 Å². The van der Waals surface area contributed by atoms with Gasteiger partial charge < -0.3 is 14.8 Å². The molecule has 8 heteroatoms. The summed E-state index contributed by atoms with van der Waals surface area (Å²) in [5.41, 5.74) is 3.45. The van der Waals surface area contributed by atoms with E-state index in [1.807, 2.05) is 33.7 Å². The van der Waals surface area contributed by atoms with Gasteiger partial charge in [-0.15, -0.1) is 0 Å². The Morgan fingerprint density at radius 2 is 1.84 bits per heavy atom. The van der Waals surface area contributed by atoms with Gasteiger partial charge in [0.25, 0.3) is 11.5 Å². The highest BCUT2D eigenvalue weighted by atomic mass is 16.2. The van der Waals surface area contributed by atoms with E-state index in [1.54, 1.807) is 18.3 Å². The standard InChI is InChI=1S/C24H23N5O3/c1-15(30)27-19-4-2-17(3-5-19)20-6-7-22-18-10-16(13-29(22)23(20)31)12-28(14-18)24(32)21-11-25-8-9-26-21/h2-9,11,16,18H,10,12-14H2,1H3,(H,27,30)/t16-,18+/m0/s1. The first-order valence-corrected chi connectivity index (χ1v) is 10.7. The van der Waals surface area contributed by atoms with E-state index >= 15 is 0 Å². The number of aromatic nitrogens is 3. The van der Waals surface area contributed by atoms with Crippen molar-refractivity contribution in [3.63, 3.8) is 0 Å². The van der Waals surface area contributed by atoms with E-state index in [2.05, 4.69) is 15.3 Å². The quantitative estimate of drug-likeness (QED) is 0.690. The minimum absolute atomic E-state index is 0.0156. The molecule has 1 N–H and O–H groups in total. The van der Waals surface area contributed by atoms with Crippen LogP contribution in [-0.2, 0) is 11.3 Å². The lowest BCUT2D eigenvalue weighted by Crippen LogP contribution is -2.49. The van der Waals surface area contributed by atoms with Crippen LogP contribution in [0.2, 0.25) is 0 Å². The zero-order chi connectivity index (χ0) is 22.2. The Morgan fingerprint density at radius 3 is 2.56 bits per heavy atom. The van der Waals surface area contributed by atoms with Crippen LogP contribution < -0.4 is 10.9 Å². The summed E-state index contributed by atoms with van der Waals surface area (Å²) < 4.78 is 1.88. The molecule has 2 amide bonds. The fourth-order valence-corrected chi connectivity index (χ4v) is 4.84. The number of pyridine rings is 1. The van der Waals surface area contributed by atoms with Gasteiger partial charge in [-0.25, -0.2) is 4.98 Å². The molecule has 1 fully saturated rings. The van der Waals surface area contributed by atoms with Gasteiger partial charge in [0, 0.05) is 61.8 Å². The fraction of sp³-hybridized carbons (Fsp3) is 0.292. The number of nitrogens with one attached hydrogen (secondary N) is 1. The third kappa shape index (κ3) is 3.68. The molecule has 0 saturated carbocycles. The average Bonchev–Trinajstić information content (AvgIpc) is 2.80. The maximum Gasteiger partial charge on any atom is 0.274 e. The Hall–Kier alpha value is -3.81. The van der Waals surface area contributed by atoms with Crippen LogP contribution >= 0.6 is 0 Å². The number of anilines is 1. The third-order valence-corrected chi connectivity index (χ3v) is 6.19. The second-order valence-electron chi connectivity index (χ2n) is 8.45. The zero-order valence-electron chi connectivity index (χ0n) is 17.7. The van der Waals surface area contributed by atoms with Gasteiger partial charge in [-0.3, -0.25) is 19.4 Å². The van der Waals surface area contributed by atoms with Crippen LogP contribution in [0.25, 0.3) is 11.1 Å². The number of benzene rings is 1.